The van der Waals surface area contributed by atoms with E-state index in [1.165, 1.54) is 11.3 Å². The molecule has 0 saturated carbocycles. The third-order valence-corrected chi connectivity index (χ3v) is 5.55. The van der Waals surface area contributed by atoms with Crippen LogP contribution in [0, 0.1) is 0 Å². The Morgan fingerprint density at radius 1 is 1.10 bits per heavy atom. The van der Waals surface area contributed by atoms with Crippen LogP contribution in [0.15, 0.2) is 47.8 Å². The minimum atomic E-state index is -0.818. The molecule has 0 aliphatic rings. The van der Waals surface area contributed by atoms with Crippen molar-refractivity contribution in [3.63, 3.8) is 0 Å². The van der Waals surface area contributed by atoms with Crippen LogP contribution >= 0.6 is 22.7 Å². The van der Waals surface area contributed by atoms with E-state index >= 15 is 0 Å². The van der Waals surface area contributed by atoms with Crippen LogP contribution in [0.5, 0.6) is 0 Å². The number of rotatable bonds is 6. The molecular formula is C20H22N4O3S2. The molecule has 1 aromatic carbocycles. The second-order valence-electron chi connectivity index (χ2n) is 7.27. The number of hydrogen-bond donors (Lipinski definition) is 2. The average Bonchev–Trinajstić information content (AvgIpc) is 3.32. The molecule has 0 fully saturated rings. The fraction of sp³-hybridized carbons (Fsp3) is 0.300. The van der Waals surface area contributed by atoms with Gasteiger partial charge in [-0.2, -0.15) is 0 Å². The normalized spacial score (nSPS) is 12.2. The number of benzene rings is 1. The van der Waals surface area contributed by atoms with E-state index in [9.17, 15) is 9.59 Å². The van der Waals surface area contributed by atoms with Crippen molar-refractivity contribution in [1.82, 2.24) is 15.5 Å². The molecule has 3 rings (SSSR count). The highest BCUT2D eigenvalue weighted by Crippen LogP contribution is 2.29. The molecule has 29 heavy (non-hydrogen) atoms. The molecule has 152 valence electrons. The van der Waals surface area contributed by atoms with Crippen LogP contribution in [0.1, 0.15) is 26.3 Å². The molecule has 0 spiro atoms. The van der Waals surface area contributed by atoms with E-state index in [2.05, 4.69) is 20.8 Å². The monoisotopic (exact) mass is 430 g/mol. The van der Waals surface area contributed by atoms with Gasteiger partial charge in [0.25, 0.3) is 0 Å². The molecule has 1 unspecified atom stereocenters. The molecule has 7 nitrogen and oxygen atoms in total. The van der Waals surface area contributed by atoms with Crippen molar-refractivity contribution in [2.75, 3.05) is 5.32 Å². The number of thiophene rings is 1. The van der Waals surface area contributed by atoms with E-state index < -0.39 is 17.7 Å². The summed E-state index contributed by atoms with van der Waals surface area (Å²) in [6.45, 7) is 5.31. The lowest BCUT2D eigenvalue weighted by Crippen LogP contribution is -2.47. The second-order valence-corrected chi connectivity index (χ2v) is 9.19. The fourth-order valence-electron chi connectivity index (χ4n) is 2.47. The maximum absolute atomic E-state index is 12.9. The predicted molar refractivity (Wildman–Crippen MR) is 115 cm³/mol. The topological polar surface area (TPSA) is 93.2 Å². The van der Waals surface area contributed by atoms with Crippen molar-refractivity contribution in [2.24, 2.45) is 0 Å². The van der Waals surface area contributed by atoms with Crippen molar-refractivity contribution in [3.8, 4) is 9.88 Å². The molecule has 0 radical (unpaired) electrons. The van der Waals surface area contributed by atoms with E-state index in [0.29, 0.717) is 11.6 Å². The quantitative estimate of drug-likeness (QED) is 0.607. The standard InChI is InChI=1S/C20H22N4O3S2/c1-20(2,3)27-19(26)21-14(12-13-8-5-4-6-9-13)16(25)22-18-24-23-17(29-18)15-10-7-11-28-15/h4-11,14H,12H2,1-3H3,(H,21,26)(H,22,24,25). The average molecular weight is 431 g/mol. The first-order valence-corrected chi connectivity index (χ1v) is 10.7. The number of amides is 2. The number of anilines is 1. The van der Waals surface area contributed by atoms with Crippen molar-refractivity contribution < 1.29 is 14.3 Å². The molecule has 3 aromatic rings. The van der Waals surface area contributed by atoms with Crippen LogP contribution in [0.2, 0.25) is 0 Å². The van der Waals surface area contributed by atoms with Crippen molar-refractivity contribution >= 4 is 39.8 Å². The molecule has 9 heteroatoms. The molecule has 0 aliphatic heterocycles. The molecule has 2 aromatic heterocycles. The Balaban J connectivity index is 1.72. The first-order chi connectivity index (χ1) is 13.8. The zero-order chi connectivity index (χ0) is 20.9. The molecule has 0 saturated heterocycles. The van der Waals surface area contributed by atoms with E-state index in [0.717, 1.165) is 15.4 Å². The zero-order valence-electron chi connectivity index (χ0n) is 16.3. The van der Waals surface area contributed by atoms with Gasteiger partial charge in [0.2, 0.25) is 11.0 Å². The molecule has 1 atom stereocenters. The second kappa shape index (κ2) is 9.15. The van der Waals surface area contributed by atoms with Crippen LogP contribution in [-0.4, -0.2) is 33.8 Å². The maximum atomic E-state index is 12.9. The molecular weight excluding hydrogens is 408 g/mol. The van der Waals surface area contributed by atoms with Gasteiger partial charge in [0.05, 0.1) is 4.88 Å². The first-order valence-electron chi connectivity index (χ1n) is 9.02. The van der Waals surface area contributed by atoms with Gasteiger partial charge >= 0.3 is 6.09 Å². The Hall–Kier alpha value is -2.78. The Morgan fingerprint density at radius 2 is 1.86 bits per heavy atom. The van der Waals surface area contributed by atoms with Gasteiger partial charge in [-0.3, -0.25) is 10.1 Å². The Labute approximate surface area is 177 Å². The first kappa shape index (κ1) is 20.9. The maximum Gasteiger partial charge on any atom is 0.408 e. The largest absolute Gasteiger partial charge is 0.444 e. The molecule has 2 heterocycles. The summed E-state index contributed by atoms with van der Waals surface area (Å²) in [5, 5.41) is 16.6. The number of nitrogens with zero attached hydrogens (tertiary/aromatic N) is 2. The summed E-state index contributed by atoms with van der Waals surface area (Å²) in [5.74, 6) is -0.381. The lowest BCUT2D eigenvalue weighted by molar-refractivity contribution is -0.118. The summed E-state index contributed by atoms with van der Waals surface area (Å²) < 4.78 is 5.31. The minimum absolute atomic E-state index is 0.322. The van der Waals surface area contributed by atoms with Gasteiger partial charge in [-0.25, -0.2) is 4.79 Å². The Kier molecular flexibility index (Phi) is 6.60. The van der Waals surface area contributed by atoms with E-state index in [-0.39, 0.29) is 5.91 Å². The number of nitrogens with one attached hydrogen (secondary N) is 2. The minimum Gasteiger partial charge on any atom is -0.444 e. The highest BCUT2D eigenvalue weighted by molar-refractivity contribution is 7.23. The van der Waals surface area contributed by atoms with Crippen LogP contribution in [-0.2, 0) is 16.0 Å². The number of carbonyl (C=O) groups is 2. The van der Waals surface area contributed by atoms with Gasteiger partial charge in [0.15, 0.2) is 5.01 Å². The Morgan fingerprint density at radius 3 is 2.52 bits per heavy atom. The summed E-state index contributed by atoms with van der Waals surface area (Å²) in [4.78, 5) is 26.1. The zero-order valence-corrected chi connectivity index (χ0v) is 18.0. The summed E-state index contributed by atoms with van der Waals surface area (Å²) >= 11 is 2.84. The molecule has 2 N–H and O–H groups in total. The number of hydrogen-bond acceptors (Lipinski definition) is 7. The lowest BCUT2D eigenvalue weighted by Gasteiger charge is -2.23. The van der Waals surface area contributed by atoms with Crippen LogP contribution in [0.4, 0.5) is 9.93 Å². The number of aromatic nitrogens is 2. The number of carbonyl (C=O) groups excluding carboxylic acids is 2. The summed E-state index contributed by atoms with van der Waals surface area (Å²) in [6.07, 6.45) is -0.326. The van der Waals surface area contributed by atoms with Crippen molar-refractivity contribution in [2.45, 2.75) is 38.8 Å². The molecule has 0 bridgehead atoms. The van der Waals surface area contributed by atoms with E-state index in [1.54, 1.807) is 32.1 Å². The fourth-order valence-corrected chi connectivity index (χ4v) is 4.01. The Bertz CT molecular complexity index is 950. The van der Waals surface area contributed by atoms with E-state index in [1.807, 2.05) is 47.8 Å². The third kappa shape index (κ3) is 6.37. The van der Waals surface area contributed by atoms with E-state index in [4.69, 9.17) is 4.74 Å². The van der Waals surface area contributed by atoms with Gasteiger partial charge in [-0.1, -0.05) is 47.7 Å². The summed E-state index contributed by atoms with van der Waals surface area (Å²) in [5.41, 5.74) is 0.257. The number of ether oxygens (including phenoxy) is 1. The SMILES string of the molecule is CC(C)(C)OC(=O)NC(Cc1ccccc1)C(=O)Nc1nnc(-c2cccs2)s1. The van der Waals surface area contributed by atoms with Gasteiger partial charge < -0.3 is 10.1 Å². The molecule has 0 aliphatic carbocycles. The highest BCUT2D eigenvalue weighted by Gasteiger charge is 2.25. The summed E-state index contributed by atoms with van der Waals surface area (Å²) in [7, 11) is 0. The van der Waals surface area contributed by atoms with Crippen molar-refractivity contribution in [1.29, 1.82) is 0 Å². The third-order valence-electron chi connectivity index (χ3n) is 3.68. The lowest BCUT2D eigenvalue weighted by atomic mass is 10.1. The predicted octanol–water partition coefficient (Wildman–Crippen LogP) is 4.34. The van der Waals surface area contributed by atoms with Crippen LogP contribution in [0.25, 0.3) is 9.88 Å². The number of alkyl carbamates (subject to hydrolysis) is 1. The van der Waals surface area contributed by atoms with Gasteiger partial charge in [-0.05, 0) is 37.8 Å². The summed E-state index contributed by atoms with van der Waals surface area (Å²) in [6, 6.07) is 12.5. The highest BCUT2D eigenvalue weighted by atomic mass is 32.1. The van der Waals surface area contributed by atoms with Crippen LogP contribution < -0.4 is 10.6 Å². The van der Waals surface area contributed by atoms with Gasteiger partial charge in [-0.15, -0.1) is 21.5 Å². The van der Waals surface area contributed by atoms with Crippen molar-refractivity contribution in [3.05, 3.63) is 53.4 Å². The van der Waals surface area contributed by atoms with Crippen LogP contribution in [0.3, 0.4) is 0 Å². The molecule has 2 amide bonds. The smallest absolute Gasteiger partial charge is 0.408 e. The van der Waals surface area contributed by atoms with Gasteiger partial charge in [0.1, 0.15) is 11.6 Å². The van der Waals surface area contributed by atoms with Gasteiger partial charge in [0, 0.05) is 6.42 Å².